The number of benzene rings is 1. The molecule has 1 aliphatic rings. The van der Waals surface area contributed by atoms with E-state index in [2.05, 4.69) is 20.7 Å². The molecule has 0 spiro atoms. The number of rotatable bonds is 4. The predicted octanol–water partition coefficient (Wildman–Crippen LogP) is 1.14. The number of hydrogen-bond donors (Lipinski definition) is 2. The number of sulfonamides is 1. The molecule has 0 aliphatic carbocycles. The Bertz CT molecular complexity index is 628. The molecule has 104 valence electrons. The Hall–Kier alpha value is -1.12. The summed E-state index contributed by atoms with van der Waals surface area (Å²) >= 11 is 3.24. The Morgan fingerprint density at radius 1 is 1.53 bits per heavy atom. The van der Waals surface area contributed by atoms with Gasteiger partial charge in [-0.1, -0.05) is 15.9 Å². The van der Waals surface area contributed by atoms with Gasteiger partial charge in [-0.3, -0.25) is 4.79 Å². The van der Waals surface area contributed by atoms with E-state index >= 15 is 0 Å². The van der Waals surface area contributed by atoms with E-state index in [0.29, 0.717) is 23.2 Å². The fraction of sp³-hybridized carbons (Fsp3) is 0.364. The number of aliphatic carboxylic acids is 1. The van der Waals surface area contributed by atoms with Gasteiger partial charge in [-0.05, 0) is 19.1 Å². The molecular weight excluding hydrogens is 338 g/mol. The number of carboxylic acids is 1. The summed E-state index contributed by atoms with van der Waals surface area (Å²) < 4.78 is 32.4. The molecule has 8 heteroatoms. The van der Waals surface area contributed by atoms with Gasteiger partial charge in [0.2, 0.25) is 10.0 Å². The summed E-state index contributed by atoms with van der Waals surface area (Å²) in [6, 6.07) is 1.99. The monoisotopic (exact) mass is 349 g/mol. The Kier molecular flexibility index (Phi) is 3.84. The molecule has 1 aromatic carbocycles. The lowest BCUT2D eigenvalue weighted by Gasteiger charge is -2.13. The third-order valence-corrected chi connectivity index (χ3v) is 4.71. The van der Waals surface area contributed by atoms with Gasteiger partial charge in [0.05, 0.1) is 6.61 Å². The first-order chi connectivity index (χ1) is 8.81. The maximum Gasteiger partial charge on any atom is 0.321 e. The highest BCUT2D eigenvalue weighted by Crippen LogP contribution is 2.35. The summed E-state index contributed by atoms with van der Waals surface area (Å²) in [5, 5.41) is 8.77. The van der Waals surface area contributed by atoms with Gasteiger partial charge in [-0.2, -0.15) is 4.72 Å². The quantitative estimate of drug-likeness (QED) is 0.849. The molecular formula is C11H12BrNO5S. The van der Waals surface area contributed by atoms with E-state index in [4.69, 9.17) is 9.84 Å². The second-order valence-electron chi connectivity index (χ2n) is 4.17. The minimum Gasteiger partial charge on any atom is -0.492 e. The molecule has 2 rings (SSSR count). The summed E-state index contributed by atoms with van der Waals surface area (Å²) in [4.78, 5) is 10.7. The Balaban J connectivity index is 2.44. The Morgan fingerprint density at radius 2 is 2.21 bits per heavy atom. The van der Waals surface area contributed by atoms with Gasteiger partial charge in [-0.15, -0.1) is 0 Å². The van der Waals surface area contributed by atoms with Crippen LogP contribution in [0.2, 0.25) is 0 Å². The molecule has 0 fully saturated rings. The molecule has 0 bridgehead atoms. The van der Waals surface area contributed by atoms with Gasteiger partial charge in [0.25, 0.3) is 0 Å². The van der Waals surface area contributed by atoms with Crippen molar-refractivity contribution >= 4 is 31.9 Å². The molecule has 0 aromatic heterocycles. The van der Waals surface area contributed by atoms with E-state index in [1.165, 1.54) is 13.0 Å². The number of carbonyl (C=O) groups is 1. The largest absolute Gasteiger partial charge is 0.492 e. The molecule has 1 aliphatic heterocycles. The van der Waals surface area contributed by atoms with Crippen LogP contribution in [-0.2, 0) is 21.2 Å². The van der Waals surface area contributed by atoms with Gasteiger partial charge in [0, 0.05) is 16.5 Å². The molecule has 19 heavy (non-hydrogen) atoms. The molecule has 0 unspecified atom stereocenters. The number of nitrogens with one attached hydrogen (secondary N) is 1. The SMILES string of the molecule is C[C@H](NS(=O)(=O)c1cc(Br)cc2c1OCC2)C(=O)O. The van der Waals surface area contributed by atoms with Crippen LogP contribution in [0, 0.1) is 0 Å². The zero-order chi connectivity index (χ0) is 14.2. The van der Waals surface area contributed by atoms with Crippen LogP contribution in [-0.4, -0.2) is 32.1 Å². The summed E-state index contributed by atoms with van der Waals surface area (Å²) in [7, 11) is -3.94. The third-order valence-electron chi connectivity index (χ3n) is 2.71. The molecule has 0 amide bonds. The molecule has 0 saturated heterocycles. The average molecular weight is 350 g/mol. The third kappa shape index (κ3) is 2.90. The van der Waals surface area contributed by atoms with Crippen LogP contribution in [0.25, 0.3) is 0 Å². The topological polar surface area (TPSA) is 92.7 Å². The fourth-order valence-electron chi connectivity index (χ4n) is 1.78. The normalized spacial score (nSPS) is 15.7. The summed E-state index contributed by atoms with van der Waals surface area (Å²) in [6.45, 7) is 1.68. The molecule has 2 N–H and O–H groups in total. The molecule has 0 radical (unpaired) electrons. The van der Waals surface area contributed by atoms with E-state index in [9.17, 15) is 13.2 Å². The van der Waals surface area contributed by atoms with E-state index in [-0.39, 0.29) is 4.90 Å². The van der Waals surface area contributed by atoms with Crippen molar-refractivity contribution < 1.29 is 23.1 Å². The molecule has 0 saturated carbocycles. The summed E-state index contributed by atoms with van der Waals surface area (Å²) in [6.07, 6.45) is 0.631. The van der Waals surface area contributed by atoms with Crippen molar-refractivity contribution in [3.63, 3.8) is 0 Å². The standard InChI is InChI=1S/C11H12BrNO5S/c1-6(11(14)15)13-19(16,17)9-5-8(12)4-7-2-3-18-10(7)9/h4-6,13H,2-3H2,1H3,(H,14,15)/t6-/m0/s1. The van der Waals surface area contributed by atoms with Crippen molar-refractivity contribution in [3.8, 4) is 5.75 Å². The lowest BCUT2D eigenvalue weighted by molar-refractivity contribution is -0.138. The van der Waals surface area contributed by atoms with Crippen LogP contribution in [0.5, 0.6) is 5.75 Å². The predicted molar refractivity (Wildman–Crippen MR) is 70.8 cm³/mol. The van der Waals surface area contributed by atoms with Crippen LogP contribution in [0.1, 0.15) is 12.5 Å². The second-order valence-corrected chi connectivity index (χ2v) is 6.77. The minimum absolute atomic E-state index is 0.0394. The number of carboxylic acid groups (broad SMARTS) is 1. The van der Waals surface area contributed by atoms with Crippen molar-refractivity contribution in [2.75, 3.05) is 6.61 Å². The summed E-state index contributed by atoms with van der Waals surface area (Å²) in [5.74, 6) is -0.940. The Labute approximate surface area is 118 Å². The highest BCUT2D eigenvalue weighted by Gasteiger charge is 2.28. The maximum absolute atomic E-state index is 12.2. The lowest BCUT2D eigenvalue weighted by Crippen LogP contribution is -2.38. The van der Waals surface area contributed by atoms with Gasteiger partial charge in [0.15, 0.2) is 0 Å². The summed E-state index contributed by atoms with van der Waals surface area (Å²) in [5.41, 5.74) is 0.790. The lowest BCUT2D eigenvalue weighted by atomic mass is 10.2. The van der Waals surface area contributed by atoms with Gasteiger partial charge < -0.3 is 9.84 Å². The first-order valence-electron chi connectivity index (χ1n) is 5.51. The maximum atomic E-state index is 12.2. The van der Waals surface area contributed by atoms with Crippen molar-refractivity contribution in [2.45, 2.75) is 24.3 Å². The highest BCUT2D eigenvalue weighted by atomic mass is 79.9. The minimum atomic E-state index is -3.94. The van der Waals surface area contributed by atoms with E-state index in [0.717, 1.165) is 5.56 Å². The van der Waals surface area contributed by atoms with Crippen molar-refractivity contribution in [1.29, 1.82) is 0 Å². The van der Waals surface area contributed by atoms with E-state index in [1.54, 1.807) is 6.07 Å². The highest BCUT2D eigenvalue weighted by molar-refractivity contribution is 9.10. The molecule has 1 heterocycles. The number of hydrogen-bond acceptors (Lipinski definition) is 4. The van der Waals surface area contributed by atoms with Crippen molar-refractivity contribution in [2.24, 2.45) is 0 Å². The first-order valence-corrected chi connectivity index (χ1v) is 7.79. The fourth-order valence-corrected chi connectivity index (χ4v) is 3.85. The van der Waals surface area contributed by atoms with Gasteiger partial charge in [0.1, 0.15) is 16.7 Å². The number of fused-ring (bicyclic) bond motifs is 1. The van der Waals surface area contributed by atoms with Gasteiger partial charge >= 0.3 is 5.97 Å². The van der Waals surface area contributed by atoms with E-state index < -0.39 is 22.0 Å². The number of ether oxygens (including phenoxy) is 1. The van der Waals surface area contributed by atoms with Crippen LogP contribution in [0.15, 0.2) is 21.5 Å². The smallest absolute Gasteiger partial charge is 0.321 e. The van der Waals surface area contributed by atoms with Crippen LogP contribution >= 0.6 is 15.9 Å². The Morgan fingerprint density at radius 3 is 2.84 bits per heavy atom. The zero-order valence-electron chi connectivity index (χ0n) is 10.0. The molecule has 6 nitrogen and oxygen atoms in total. The van der Waals surface area contributed by atoms with Crippen molar-refractivity contribution in [3.05, 3.63) is 22.2 Å². The van der Waals surface area contributed by atoms with Gasteiger partial charge in [-0.25, -0.2) is 8.42 Å². The van der Waals surface area contributed by atoms with Crippen LogP contribution < -0.4 is 9.46 Å². The zero-order valence-corrected chi connectivity index (χ0v) is 12.4. The first kappa shape index (κ1) is 14.3. The van der Waals surface area contributed by atoms with Crippen LogP contribution in [0.4, 0.5) is 0 Å². The second kappa shape index (κ2) is 5.10. The average Bonchev–Trinajstić information content (AvgIpc) is 2.74. The molecule has 1 aromatic rings. The van der Waals surface area contributed by atoms with Crippen molar-refractivity contribution in [1.82, 2.24) is 4.72 Å². The number of halogens is 1. The van der Waals surface area contributed by atoms with Crippen LogP contribution in [0.3, 0.4) is 0 Å². The molecule has 1 atom stereocenters. The van der Waals surface area contributed by atoms with E-state index in [1.807, 2.05) is 0 Å².